The third-order valence-corrected chi connectivity index (χ3v) is 6.13. The highest BCUT2D eigenvalue weighted by Crippen LogP contribution is 2.30. The Morgan fingerprint density at radius 1 is 1.24 bits per heavy atom. The lowest BCUT2D eigenvalue weighted by Crippen LogP contribution is -2.63. The summed E-state index contributed by atoms with van der Waals surface area (Å²) < 4.78 is 5.21. The van der Waals surface area contributed by atoms with E-state index in [1.54, 1.807) is 13.8 Å². The number of aliphatic carboxylic acids is 1. The first-order valence-electron chi connectivity index (χ1n) is 12.4. The molecule has 0 radical (unpaired) electrons. The van der Waals surface area contributed by atoms with E-state index in [0.717, 1.165) is 24.8 Å². The molecule has 8 nitrogen and oxygen atoms in total. The van der Waals surface area contributed by atoms with Gasteiger partial charge in [-0.15, -0.1) is 0 Å². The molecule has 1 aromatic carbocycles. The summed E-state index contributed by atoms with van der Waals surface area (Å²) in [5.41, 5.74) is 6.88. The molecule has 4 atom stereocenters. The molecule has 4 N–H and O–H groups in total. The molecule has 34 heavy (non-hydrogen) atoms. The van der Waals surface area contributed by atoms with Gasteiger partial charge in [-0.05, 0) is 52.0 Å². The monoisotopic (exact) mass is 477 g/mol. The van der Waals surface area contributed by atoms with Crippen LogP contribution >= 0.6 is 0 Å². The number of rotatable bonds is 11. The second-order valence-corrected chi connectivity index (χ2v) is 8.84. The van der Waals surface area contributed by atoms with E-state index in [0.29, 0.717) is 19.3 Å². The molecule has 0 bridgehead atoms. The minimum Gasteiger partial charge on any atom is -0.480 e. The van der Waals surface area contributed by atoms with E-state index in [1.807, 2.05) is 51.1 Å². The number of hydrogen-bond acceptors (Lipinski definition) is 6. The Labute approximate surface area is 204 Å². The van der Waals surface area contributed by atoms with Gasteiger partial charge in [0.05, 0.1) is 18.7 Å². The molecule has 2 rings (SSSR count). The first-order valence-corrected chi connectivity index (χ1v) is 12.4. The lowest BCUT2D eigenvalue weighted by Gasteiger charge is -2.45. The molecule has 1 aliphatic carbocycles. The van der Waals surface area contributed by atoms with Crippen LogP contribution in [0.25, 0.3) is 0 Å². The number of amides is 1. The van der Waals surface area contributed by atoms with Crippen molar-refractivity contribution in [1.29, 1.82) is 0 Å². The Kier molecular flexibility index (Phi) is 12.8. The molecular weight excluding hydrogens is 434 g/mol. The van der Waals surface area contributed by atoms with Crippen LogP contribution in [0.5, 0.6) is 0 Å². The number of benzene rings is 1. The number of carbonyl (C=O) groups excluding carboxylic acids is 2. The molecule has 4 unspecified atom stereocenters. The minimum absolute atomic E-state index is 0.240. The number of hydrogen-bond donors (Lipinski definition) is 3. The maximum Gasteiger partial charge on any atom is 0.323 e. The van der Waals surface area contributed by atoms with Gasteiger partial charge in [0.25, 0.3) is 0 Å². The summed E-state index contributed by atoms with van der Waals surface area (Å²) in [5.74, 6) is -1.88. The van der Waals surface area contributed by atoms with Gasteiger partial charge in [-0.25, -0.2) is 0 Å². The highest BCUT2D eigenvalue weighted by molar-refractivity contribution is 5.86. The molecule has 0 heterocycles. The highest BCUT2D eigenvalue weighted by Gasteiger charge is 2.41. The van der Waals surface area contributed by atoms with Gasteiger partial charge in [-0.1, -0.05) is 57.0 Å². The minimum atomic E-state index is -1.09. The van der Waals surface area contributed by atoms with Crippen LogP contribution in [0, 0.1) is 0 Å². The number of nitrogens with two attached hydrogens (primary N) is 1. The van der Waals surface area contributed by atoms with Crippen LogP contribution in [0.4, 0.5) is 0 Å². The fourth-order valence-electron chi connectivity index (χ4n) is 4.43. The molecule has 1 fully saturated rings. The number of carboxylic acids is 1. The first-order chi connectivity index (χ1) is 16.2. The number of nitrogens with zero attached hydrogens (tertiary/aromatic N) is 1. The largest absolute Gasteiger partial charge is 0.480 e. The second kappa shape index (κ2) is 14.7. The molecule has 8 heteroatoms. The predicted molar refractivity (Wildman–Crippen MR) is 133 cm³/mol. The van der Waals surface area contributed by atoms with E-state index in [2.05, 4.69) is 5.32 Å². The fraction of sp³-hybridized carbons (Fsp3) is 0.654. The molecule has 0 aromatic heterocycles. The third kappa shape index (κ3) is 9.06. The van der Waals surface area contributed by atoms with Gasteiger partial charge in [-0.2, -0.15) is 0 Å². The van der Waals surface area contributed by atoms with Crippen molar-refractivity contribution in [3.8, 4) is 0 Å². The van der Waals surface area contributed by atoms with E-state index in [-0.39, 0.29) is 18.6 Å². The summed E-state index contributed by atoms with van der Waals surface area (Å²) >= 11 is 0. The van der Waals surface area contributed by atoms with E-state index >= 15 is 0 Å². The normalized spacial score (nSPS) is 21.4. The average molecular weight is 478 g/mol. The zero-order valence-corrected chi connectivity index (χ0v) is 21.4. The molecule has 0 aliphatic heterocycles. The van der Waals surface area contributed by atoms with Gasteiger partial charge in [0.2, 0.25) is 5.91 Å². The Morgan fingerprint density at radius 2 is 1.88 bits per heavy atom. The van der Waals surface area contributed by atoms with E-state index < -0.39 is 36.1 Å². The topological polar surface area (TPSA) is 122 Å². The quantitative estimate of drug-likeness (QED) is 0.419. The highest BCUT2D eigenvalue weighted by atomic mass is 16.5. The van der Waals surface area contributed by atoms with Crippen molar-refractivity contribution in [2.24, 2.45) is 5.73 Å². The molecule has 1 amide bonds. The molecular formula is C26H43N3O5. The lowest BCUT2D eigenvalue weighted by atomic mass is 9.78. The molecule has 1 saturated carbocycles. The van der Waals surface area contributed by atoms with E-state index in [1.165, 1.54) is 4.90 Å². The smallest absolute Gasteiger partial charge is 0.323 e. The van der Waals surface area contributed by atoms with E-state index in [9.17, 15) is 19.5 Å². The van der Waals surface area contributed by atoms with Crippen molar-refractivity contribution in [3.05, 3.63) is 35.9 Å². The van der Waals surface area contributed by atoms with Crippen LogP contribution in [0.3, 0.4) is 0 Å². The summed E-state index contributed by atoms with van der Waals surface area (Å²) in [6, 6.07) is 7.95. The van der Waals surface area contributed by atoms with Crippen LogP contribution in [-0.4, -0.2) is 64.7 Å². The van der Waals surface area contributed by atoms with E-state index in [4.69, 9.17) is 10.5 Å². The summed E-state index contributed by atoms with van der Waals surface area (Å²) in [6.45, 7) is 9.08. The van der Waals surface area contributed by atoms with Crippen LogP contribution in [0.15, 0.2) is 30.3 Å². The lowest BCUT2D eigenvalue weighted by molar-refractivity contribution is -0.150. The fourth-order valence-corrected chi connectivity index (χ4v) is 4.43. The molecule has 1 aliphatic rings. The molecule has 1 aromatic rings. The number of esters is 1. The number of nitrogens with one attached hydrogen (secondary N) is 1. The van der Waals surface area contributed by atoms with Gasteiger partial charge < -0.3 is 20.5 Å². The Balaban J connectivity index is 0.00000281. The molecule has 0 spiro atoms. The number of carbonyl (C=O) groups is 3. The molecule has 192 valence electrons. The van der Waals surface area contributed by atoms with Gasteiger partial charge in [0.15, 0.2) is 0 Å². The second-order valence-electron chi connectivity index (χ2n) is 8.84. The Bertz CT molecular complexity index is 769. The van der Waals surface area contributed by atoms with Crippen molar-refractivity contribution in [2.75, 3.05) is 13.2 Å². The van der Waals surface area contributed by atoms with Crippen LogP contribution in [0.2, 0.25) is 0 Å². The summed E-state index contributed by atoms with van der Waals surface area (Å²) in [4.78, 5) is 38.8. The molecule has 0 saturated heterocycles. The van der Waals surface area contributed by atoms with Crippen molar-refractivity contribution >= 4 is 17.8 Å². The maximum atomic E-state index is 13.3. The number of carboxylic acid groups (broad SMARTS) is 1. The standard InChI is InChI=1S/C24H37N3O5.C2H6/c1-4-32-23(31)19(14-13-18-10-6-5-7-11-18)26-17(2)22(30)27(16-21(28)29)20-12-8-9-15-24(20,3)25;1-2/h5-7,10-11,17,19-20,26H,4,8-9,12-16,25H2,1-3H3,(H,28,29);1-2H3. The SMILES string of the molecule is CC.CCOC(=O)C(CCc1ccccc1)NC(C)C(=O)N(CC(=O)O)C1CCCCC1(C)N. The summed E-state index contributed by atoms with van der Waals surface area (Å²) in [6.07, 6.45) is 4.33. The Morgan fingerprint density at radius 3 is 2.44 bits per heavy atom. The van der Waals surface area contributed by atoms with Crippen molar-refractivity contribution in [3.63, 3.8) is 0 Å². The predicted octanol–water partition coefficient (Wildman–Crippen LogP) is 3.13. The third-order valence-electron chi connectivity index (χ3n) is 6.13. The van der Waals surface area contributed by atoms with Crippen molar-refractivity contribution < 1.29 is 24.2 Å². The maximum absolute atomic E-state index is 13.3. The zero-order valence-electron chi connectivity index (χ0n) is 21.4. The van der Waals surface area contributed by atoms with Gasteiger partial charge >= 0.3 is 11.9 Å². The van der Waals surface area contributed by atoms with Crippen LogP contribution < -0.4 is 11.1 Å². The Hall–Kier alpha value is -2.45. The number of aryl methyl sites for hydroxylation is 1. The van der Waals surface area contributed by atoms with Crippen LogP contribution in [-0.2, 0) is 25.5 Å². The van der Waals surface area contributed by atoms with Gasteiger partial charge in [-0.3, -0.25) is 19.7 Å². The first kappa shape index (κ1) is 29.6. The van der Waals surface area contributed by atoms with Gasteiger partial charge in [0, 0.05) is 5.54 Å². The van der Waals surface area contributed by atoms with Crippen molar-refractivity contribution in [1.82, 2.24) is 10.2 Å². The summed E-state index contributed by atoms with van der Waals surface area (Å²) in [5, 5.41) is 12.5. The number of ether oxygens (including phenoxy) is 1. The van der Waals surface area contributed by atoms with Crippen LogP contribution in [0.1, 0.15) is 72.3 Å². The van der Waals surface area contributed by atoms with Crippen molar-refractivity contribution in [2.45, 2.75) is 96.8 Å². The summed E-state index contributed by atoms with van der Waals surface area (Å²) in [7, 11) is 0. The average Bonchev–Trinajstić information content (AvgIpc) is 2.81. The van der Waals surface area contributed by atoms with Gasteiger partial charge in [0.1, 0.15) is 12.6 Å². The zero-order chi connectivity index (χ0) is 25.7.